The van der Waals surface area contributed by atoms with Gasteiger partial charge in [-0.2, -0.15) is 5.01 Å². The zero-order valence-corrected chi connectivity index (χ0v) is 12.5. The number of aromatic amines is 1. The van der Waals surface area contributed by atoms with Crippen LogP contribution in [0.5, 0.6) is 0 Å². The van der Waals surface area contributed by atoms with Crippen LogP contribution in [0.3, 0.4) is 0 Å². The predicted octanol–water partition coefficient (Wildman–Crippen LogP) is 0.657. The Hall–Kier alpha value is -1.73. The lowest BCUT2D eigenvalue weighted by Crippen LogP contribution is -2.65. The molecule has 1 fully saturated rings. The molecule has 0 saturated carbocycles. The number of H-pyrrole nitrogens is 1. The fraction of sp³-hybridized carbons (Fsp3) is 0.429. The van der Waals surface area contributed by atoms with Crippen molar-refractivity contribution in [2.45, 2.75) is 11.5 Å². The van der Waals surface area contributed by atoms with Crippen molar-refractivity contribution in [3.63, 3.8) is 0 Å². The van der Waals surface area contributed by atoms with Gasteiger partial charge in [0, 0.05) is 15.8 Å². The Morgan fingerprint density at radius 2 is 1.95 bits per heavy atom. The van der Waals surface area contributed by atoms with Crippen molar-refractivity contribution >= 4 is 11.8 Å². The van der Waals surface area contributed by atoms with Gasteiger partial charge in [-0.1, -0.05) is 30.3 Å². The summed E-state index contributed by atoms with van der Waals surface area (Å²) in [6, 6.07) is 10.2. The van der Waals surface area contributed by atoms with Crippen molar-refractivity contribution in [3.05, 3.63) is 52.0 Å². The Labute approximate surface area is 126 Å². The van der Waals surface area contributed by atoms with Gasteiger partial charge in [-0.15, -0.1) is 11.8 Å². The number of morpholine rings is 1. The van der Waals surface area contributed by atoms with E-state index in [2.05, 4.69) is 17.4 Å². The van der Waals surface area contributed by atoms with Crippen LogP contribution in [0.15, 0.2) is 39.6 Å². The van der Waals surface area contributed by atoms with Gasteiger partial charge in [0.25, 0.3) is 0 Å². The summed E-state index contributed by atoms with van der Waals surface area (Å²) >= 11 is 1.70. The maximum atomic E-state index is 11.8. The number of aromatic nitrogens is 2. The van der Waals surface area contributed by atoms with Crippen LogP contribution in [0.1, 0.15) is 11.3 Å². The van der Waals surface area contributed by atoms with Gasteiger partial charge in [0.2, 0.25) is 0 Å². The van der Waals surface area contributed by atoms with E-state index in [4.69, 9.17) is 9.26 Å². The third-order valence-corrected chi connectivity index (χ3v) is 4.35. The summed E-state index contributed by atoms with van der Waals surface area (Å²) < 4.78 is 10.3. The molecule has 2 heterocycles. The number of nitrogens with zero attached hydrogens (tertiary/aromatic N) is 2. The van der Waals surface area contributed by atoms with Gasteiger partial charge < -0.3 is 4.74 Å². The molecule has 0 radical (unpaired) electrons. The summed E-state index contributed by atoms with van der Waals surface area (Å²) in [4.78, 5) is 13.6. The summed E-state index contributed by atoms with van der Waals surface area (Å²) in [5, 5.41) is 4.71. The molecule has 3 rings (SSSR count). The summed E-state index contributed by atoms with van der Waals surface area (Å²) in [5.74, 6) is 1.48. The second-order valence-corrected chi connectivity index (χ2v) is 5.77. The smallest absolute Gasteiger partial charge is 0.377 e. The minimum absolute atomic E-state index is 0.304. The van der Waals surface area contributed by atoms with Gasteiger partial charge in [-0.3, -0.25) is 4.52 Å². The SMILES string of the molecule is O=c1o[nH][n+](N2CCOCC2)c1CSCc1ccccc1. The van der Waals surface area contributed by atoms with E-state index in [1.165, 1.54) is 5.56 Å². The number of benzene rings is 1. The van der Waals surface area contributed by atoms with Gasteiger partial charge >= 0.3 is 11.3 Å². The molecule has 1 aromatic heterocycles. The molecule has 1 aromatic carbocycles. The highest BCUT2D eigenvalue weighted by Gasteiger charge is 2.28. The van der Waals surface area contributed by atoms with Crippen LogP contribution in [0.4, 0.5) is 0 Å². The average Bonchev–Trinajstić information content (AvgIpc) is 2.91. The maximum absolute atomic E-state index is 11.8. The number of rotatable bonds is 5. The molecule has 1 aliphatic heterocycles. The molecule has 6 nitrogen and oxygen atoms in total. The molecule has 1 saturated heterocycles. The maximum Gasteiger partial charge on any atom is 0.434 e. The van der Waals surface area contributed by atoms with Gasteiger partial charge in [-0.25, -0.2) is 4.79 Å². The van der Waals surface area contributed by atoms with Crippen LogP contribution in [0.2, 0.25) is 0 Å². The van der Waals surface area contributed by atoms with Crippen molar-refractivity contribution < 1.29 is 14.1 Å². The topological polar surface area (TPSA) is 62.4 Å². The fourth-order valence-electron chi connectivity index (χ4n) is 2.23. The Balaban J connectivity index is 1.64. The van der Waals surface area contributed by atoms with E-state index in [0.717, 1.165) is 18.8 Å². The van der Waals surface area contributed by atoms with Crippen molar-refractivity contribution in [3.8, 4) is 0 Å². The number of hydrogen-bond donors (Lipinski definition) is 1. The van der Waals surface area contributed by atoms with Crippen LogP contribution in [0, 0.1) is 0 Å². The first-order valence-corrected chi connectivity index (χ1v) is 8.07. The second kappa shape index (κ2) is 6.82. The summed E-state index contributed by atoms with van der Waals surface area (Å²) in [5.41, 5.74) is 1.58. The Bertz CT molecular complexity index is 620. The van der Waals surface area contributed by atoms with Crippen molar-refractivity contribution in [2.24, 2.45) is 0 Å². The number of nitrogens with one attached hydrogen (secondary N) is 1. The second-order valence-electron chi connectivity index (χ2n) is 4.78. The lowest BCUT2D eigenvalue weighted by molar-refractivity contribution is -0.765. The highest BCUT2D eigenvalue weighted by Crippen LogP contribution is 2.14. The molecular formula is C14H18N3O3S+. The lowest BCUT2D eigenvalue weighted by Gasteiger charge is -2.20. The third kappa shape index (κ3) is 3.48. The van der Waals surface area contributed by atoms with E-state index in [1.807, 2.05) is 23.2 Å². The minimum atomic E-state index is -0.304. The monoisotopic (exact) mass is 308 g/mol. The van der Waals surface area contributed by atoms with Gasteiger partial charge in [0.15, 0.2) is 0 Å². The third-order valence-electron chi connectivity index (χ3n) is 3.34. The quantitative estimate of drug-likeness (QED) is 0.822. The first-order chi connectivity index (χ1) is 10.3. The van der Waals surface area contributed by atoms with Gasteiger partial charge in [-0.05, 0) is 5.56 Å². The lowest BCUT2D eigenvalue weighted by atomic mass is 10.2. The highest BCUT2D eigenvalue weighted by molar-refractivity contribution is 7.97. The van der Waals surface area contributed by atoms with Crippen LogP contribution in [-0.2, 0) is 16.2 Å². The van der Waals surface area contributed by atoms with Crippen LogP contribution >= 0.6 is 11.8 Å². The summed E-state index contributed by atoms with van der Waals surface area (Å²) in [6.45, 7) is 2.82. The molecule has 0 unspecified atom stereocenters. The molecule has 7 heteroatoms. The number of ether oxygens (including phenoxy) is 1. The number of hydrogen-bond acceptors (Lipinski definition) is 5. The van der Waals surface area contributed by atoms with Gasteiger partial charge in [0.1, 0.15) is 0 Å². The normalized spacial score (nSPS) is 15.3. The largest absolute Gasteiger partial charge is 0.434 e. The standard InChI is InChI=1S/C14H17N3O3S/c18-14-13(11-21-10-12-4-2-1-3-5-12)17(15-20-14)16-6-8-19-9-7-16/h1-5H,6-11H2/p+1. The summed E-state index contributed by atoms with van der Waals surface area (Å²) in [7, 11) is 0. The molecule has 2 aromatic rings. The zero-order valence-electron chi connectivity index (χ0n) is 11.7. The van der Waals surface area contributed by atoms with Crippen LogP contribution < -0.4 is 15.4 Å². The summed E-state index contributed by atoms with van der Waals surface area (Å²) in [6.07, 6.45) is 0. The van der Waals surface area contributed by atoms with Crippen molar-refractivity contribution in [1.82, 2.24) is 5.27 Å². The molecule has 0 aliphatic carbocycles. The molecule has 0 amide bonds. The minimum Gasteiger partial charge on any atom is -0.377 e. The average molecular weight is 308 g/mol. The van der Waals surface area contributed by atoms with E-state index in [1.54, 1.807) is 16.6 Å². The molecule has 112 valence electrons. The molecule has 1 N–H and O–H groups in total. The van der Waals surface area contributed by atoms with E-state index in [0.29, 0.717) is 24.7 Å². The molecule has 0 bridgehead atoms. The molecule has 1 aliphatic rings. The van der Waals surface area contributed by atoms with Crippen LogP contribution in [-0.4, -0.2) is 31.6 Å². The van der Waals surface area contributed by atoms with E-state index < -0.39 is 0 Å². The molecule has 0 atom stereocenters. The van der Waals surface area contributed by atoms with Gasteiger partial charge in [0.05, 0.1) is 32.1 Å². The highest BCUT2D eigenvalue weighted by atomic mass is 32.2. The van der Waals surface area contributed by atoms with Crippen LogP contribution in [0.25, 0.3) is 0 Å². The van der Waals surface area contributed by atoms with E-state index in [-0.39, 0.29) is 5.63 Å². The van der Waals surface area contributed by atoms with E-state index >= 15 is 0 Å². The first-order valence-electron chi connectivity index (χ1n) is 6.91. The van der Waals surface area contributed by atoms with Crippen molar-refractivity contribution in [2.75, 3.05) is 31.3 Å². The molecule has 21 heavy (non-hydrogen) atoms. The Morgan fingerprint density at radius 1 is 1.19 bits per heavy atom. The zero-order chi connectivity index (χ0) is 14.5. The Morgan fingerprint density at radius 3 is 2.71 bits per heavy atom. The number of thioether (sulfide) groups is 1. The van der Waals surface area contributed by atoms with E-state index in [9.17, 15) is 4.79 Å². The molecule has 0 spiro atoms. The van der Waals surface area contributed by atoms with Crippen molar-refractivity contribution in [1.29, 1.82) is 0 Å². The Kier molecular flexibility index (Phi) is 4.62. The first kappa shape index (κ1) is 14.2. The predicted molar refractivity (Wildman–Crippen MR) is 79.7 cm³/mol. The molecular weight excluding hydrogens is 290 g/mol. The fourth-order valence-corrected chi connectivity index (χ4v) is 3.19.